The first-order valence-corrected chi connectivity index (χ1v) is 53.4. The van der Waals surface area contributed by atoms with Crippen LogP contribution in [0.2, 0.25) is 0 Å². The second-order valence-corrected chi connectivity index (χ2v) is 35.2. The van der Waals surface area contributed by atoms with Gasteiger partial charge in [-0.2, -0.15) is 31.6 Å². The number of hydrogen-bond donors (Lipinski definition) is 2. The maximum Gasteiger partial charge on any atom is 0.337 e. The van der Waals surface area contributed by atoms with Crippen molar-refractivity contribution in [2.24, 2.45) is 29.1 Å². The lowest BCUT2D eigenvalue weighted by atomic mass is 9.77. The average molecular weight is 2220 g/mol. The number of rotatable bonds is 63. The predicted molar refractivity (Wildman–Crippen MR) is 582 cm³/mol. The van der Waals surface area contributed by atoms with Crippen LogP contribution in [0.4, 0.5) is 0 Å². The molecule has 32 nitrogen and oxygen atoms in total. The van der Waals surface area contributed by atoms with Crippen LogP contribution in [-0.4, -0.2) is 194 Å². The highest BCUT2D eigenvalue weighted by molar-refractivity contribution is 9.09. The van der Waals surface area contributed by atoms with Crippen LogP contribution in [-0.2, 0) is 123 Å². The van der Waals surface area contributed by atoms with E-state index < -0.39 is 59.1 Å². The Balaban J connectivity index is -0.000000827. The standard InChI is InChI=1S/C24H29NO6.C17H21NO4.C17H23NO3.C17H21NO3.C14H19NO4.C10H11BrO2.C9H12O4.C5H8BrN.C2H7P/c1-4-17-30-22(27)24(14-7-6-8-16-25,23(28)31-18-5-2)15-13-19-9-11-20(12-10-19)21(26)29-3;1-22-17(21)15-10-7-13(8-11-15)6-9-14(16(19)20)5-3-2-4-12-18;2*1-21-17(20)16-10-8-14(9-11-16)6-7-15(13-19)5-3-2-4-12-18;1-3-10-18-13(16)12(8-6-5-7-9-15)14(17)19-11-4-2;1-13-10(12)9-4-2-8(3-5-9)6-7-11;1-3-5-12-8(10)7-9(11)13-6-4-2;6-4-2-1-3-5-7;1-3-2/h4-5,9-12H,1-2,6-8,13-15,17-18H2,3H3;7-8,10-11,14H,2-6,9H2,1H3,(H,19,20);8-11,15,19H,2-7,13H2,1H3;8-11,13,15H,2-7H2,1H3;3-4,12H,1-2,5-8,10-11H2;2-5H,6-7H2,1H3;3-4H,1-2,5-7H2;1-4H2;3H,1-2H3. The Kier molecular flexibility index (Phi) is 93.5. The third-order valence-electron chi connectivity index (χ3n) is 21.2. The normalized spacial score (nSPS) is 10.4. The van der Waals surface area contributed by atoms with Crippen LogP contribution in [0.3, 0.4) is 0 Å². The molecule has 0 aromatic heterocycles. The second-order valence-electron chi connectivity index (χ2n) is 32.6. The third-order valence-corrected chi connectivity index (χ3v) is 22.2. The Bertz CT molecular complexity index is 4930. The van der Waals surface area contributed by atoms with E-state index in [9.17, 15) is 72.5 Å². The lowest BCUT2D eigenvalue weighted by molar-refractivity contribution is -0.173. The fourth-order valence-electron chi connectivity index (χ4n) is 13.0. The molecule has 0 amide bonds. The van der Waals surface area contributed by atoms with Crippen LogP contribution in [0.1, 0.15) is 259 Å². The van der Waals surface area contributed by atoms with Gasteiger partial charge in [0.25, 0.3) is 0 Å². The number of carbonyl (C=O) groups excluding carboxylic acids is 12. The van der Waals surface area contributed by atoms with Crippen LogP contribution in [0.25, 0.3) is 0 Å². The van der Waals surface area contributed by atoms with Gasteiger partial charge in [0.2, 0.25) is 0 Å². The molecule has 0 aliphatic carbocycles. The van der Waals surface area contributed by atoms with Crippen molar-refractivity contribution in [3.8, 4) is 36.4 Å². The summed E-state index contributed by atoms with van der Waals surface area (Å²) in [6.45, 7) is 25.4. The number of halogens is 2. The fraction of sp³-hybridized carbons (Fsp3) is 0.470. The molecule has 0 saturated heterocycles. The summed E-state index contributed by atoms with van der Waals surface area (Å²) in [5.41, 5.74) is 6.36. The summed E-state index contributed by atoms with van der Waals surface area (Å²) in [6.07, 6.45) is 30.8. The van der Waals surface area contributed by atoms with Gasteiger partial charge in [-0.15, -0.1) is 8.58 Å². The number of carboxylic acids is 1. The maximum atomic E-state index is 13.0. The summed E-state index contributed by atoms with van der Waals surface area (Å²) in [7, 11) is 7.83. The van der Waals surface area contributed by atoms with Crippen molar-refractivity contribution < 1.29 is 125 Å². The number of hydrogen-bond acceptors (Lipinski definition) is 31. The molecule has 0 spiro atoms. The number of aryl methyl sites for hydroxylation is 5. The highest BCUT2D eigenvalue weighted by Gasteiger charge is 2.48. The molecule has 0 radical (unpaired) electrons. The summed E-state index contributed by atoms with van der Waals surface area (Å²) in [6, 6.07) is 48.3. The molecule has 150 heavy (non-hydrogen) atoms. The van der Waals surface area contributed by atoms with Crippen molar-refractivity contribution in [1.29, 1.82) is 31.6 Å². The number of aliphatic carboxylic acids is 1. The molecule has 3 atom stereocenters. The Morgan fingerprint density at radius 1 is 0.353 bits per heavy atom. The molecule has 0 saturated carbocycles. The molecule has 0 aliphatic rings. The van der Waals surface area contributed by atoms with E-state index >= 15 is 0 Å². The number of benzene rings is 5. The summed E-state index contributed by atoms with van der Waals surface area (Å²) in [5.74, 6) is -7.41. The number of nitriles is 6. The topological polar surface area (TPSA) is 507 Å². The van der Waals surface area contributed by atoms with Crippen LogP contribution in [0, 0.1) is 97.1 Å². The summed E-state index contributed by atoms with van der Waals surface area (Å²) in [5, 5.41) is 71.2. The van der Waals surface area contributed by atoms with Gasteiger partial charge in [-0.05, 0) is 243 Å². The van der Waals surface area contributed by atoms with Gasteiger partial charge in [0.05, 0.1) is 106 Å². The van der Waals surface area contributed by atoms with Crippen LogP contribution in [0.15, 0.2) is 197 Å². The van der Waals surface area contributed by atoms with E-state index in [0.29, 0.717) is 124 Å². The van der Waals surface area contributed by atoms with Gasteiger partial charge < -0.3 is 67.1 Å². The first kappa shape index (κ1) is 142. The first-order valence-electron chi connectivity index (χ1n) is 49.1. The first-order chi connectivity index (χ1) is 72.4. The van der Waals surface area contributed by atoms with Gasteiger partial charge in [0, 0.05) is 61.7 Å². The van der Waals surface area contributed by atoms with Gasteiger partial charge in [0.15, 0.2) is 11.3 Å². The number of nitrogens with zero attached hydrogens (tertiary/aromatic N) is 6. The lowest BCUT2D eigenvalue weighted by Gasteiger charge is -2.29. The van der Waals surface area contributed by atoms with Gasteiger partial charge in [-0.1, -0.05) is 201 Å². The van der Waals surface area contributed by atoms with E-state index in [4.69, 9.17) is 55.3 Å². The monoisotopic (exact) mass is 2220 g/mol. The minimum Gasteiger partial charge on any atom is -0.481 e. The van der Waals surface area contributed by atoms with E-state index in [1.807, 2.05) is 54.6 Å². The van der Waals surface area contributed by atoms with Crippen molar-refractivity contribution in [3.05, 3.63) is 253 Å². The Labute approximate surface area is 905 Å². The Hall–Kier alpha value is -13.9. The minimum absolute atomic E-state index is 0.0264. The largest absolute Gasteiger partial charge is 0.481 e. The zero-order valence-electron chi connectivity index (χ0n) is 88.0. The number of aliphatic hydroxyl groups excluding tert-OH is 1. The van der Waals surface area contributed by atoms with Crippen LogP contribution < -0.4 is 0 Å². The van der Waals surface area contributed by atoms with Crippen molar-refractivity contribution in [3.63, 3.8) is 0 Å². The molecule has 5 aromatic rings. The van der Waals surface area contributed by atoms with Crippen molar-refractivity contribution in [2.45, 2.75) is 212 Å². The molecule has 0 heterocycles. The summed E-state index contributed by atoms with van der Waals surface area (Å²) >= 11 is 6.63. The number of ether oxygens (including phenoxy) is 11. The zero-order valence-corrected chi connectivity index (χ0v) is 92.1. The highest BCUT2D eigenvalue weighted by atomic mass is 79.9. The number of unbranched alkanes of at least 4 members (excludes halogenated alkanes) is 12. The van der Waals surface area contributed by atoms with E-state index in [-0.39, 0.29) is 107 Å². The summed E-state index contributed by atoms with van der Waals surface area (Å²) < 4.78 is 52.6. The van der Waals surface area contributed by atoms with E-state index in [2.05, 4.69) is 143 Å². The highest BCUT2D eigenvalue weighted by Crippen LogP contribution is 2.35. The smallest absolute Gasteiger partial charge is 0.337 e. The number of esters is 11. The molecule has 0 fully saturated rings. The number of aldehydes is 1. The number of aliphatic hydroxyl groups is 1. The molecule has 0 bridgehead atoms. The molecule has 816 valence electrons. The molecule has 5 rings (SSSR count). The number of carboxylic acid groups (broad SMARTS) is 1. The van der Waals surface area contributed by atoms with Crippen LogP contribution in [0.5, 0.6) is 0 Å². The van der Waals surface area contributed by atoms with Gasteiger partial charge in [-0.25, -0.2) is 24.0 Å². The fourth-order valence-corrected chi connectivity index (χ4v) is 13.8. The quantitative estimate of drug-likeness (QED) is 0.00533. The van der Waals surface area contributed by atoms with Crippen molar-refractivity contribution >= 4 is 118 Å². The second kappa shape index (κ2) is 98.5. The molecule has 5 aromatic carbocycles. The number of methoxy groups -OCH3 is 5. The maximum absolute atomic E-state index is 13.0. The van der Waals surface area contributed by atoms with Gasteiger partial charge >= 0.3 is 71.6 Å². The average Bonchev–Trinajstić information content (AvgIpc) is 0.800. The SMILES string of the molecule is C=CCOC(=O)C(CCCCC#N)(CCc1ccc(C(=O)OC)cc1)C(=O)OCC=C.C=CCOC(=O)C(CCCCC#N)C(=O)OCC=C.C=CCOC(=O)CC(=O)OCC=C.COC(=O)c1ccc(CCBr)cc1.COC(=O)c1ccc(CCC(C=O)CCCCC#N)cc1.COC(=O)c1ccc(CCC(CCCCC#N)C(=O)O)cc1.COC(=O)c1ccc(CCC(CO)CCCCC#N)cc1.CPC.N#CCCCCBr. The molecule has 0 aliphatic heterocycles. The zero-order chi connectivity index (χ0) is 113. The van der Waals surface area contributed by atoms with E-state index in [1.54, 1.807) is 72.8 Å². The number of alkyl halides is 2. The van der Waals surface area contributed by atoms with Crippen molar-refractivity contribution in [1.82, 2.24) is 0 Å². The van der Waals surface area contributed by atoms with Gasteiger partial charge in [-0.3, -0.25) is 33.6 Å². The van der Waals surface area contributed by atoms with Crippen molar-refractivity contribution in [2.75, 3.05) is 106 Å². The molecular weight excluding hydrogens is 2070 g/mol. The van der Waals surface area contributed by atoms with E-state index in [0.717, 1.165) is 144 Å². The third kappa shape index (κ3) is 72.5. The Morgan fingerprint density at radius 3 is 0.947 bits per heavy atom. The van der Waals surface area contributed by atoms with E-state index in [1.165, 1.54) is 77.6 Å². The number of carbonyl (C=O) groups is 13. The predicted octanol–water partition coefficient (Wildman–Crippen LogP) is 21.9. The molecule has 2 N–H and O–H groups in total. The lowest BCUT2D eigenvalue weighted by Crippen LogP contribution is -2.42. The summed E-state index contributed by atoms with van der Waals surface area (Å²) in [4.78, 5) is 150. The minimum atomic E-state index is -1.51. The molecule has 3 unspecified atom stereocenters. The molecular formula is C115H151Br2N6O26P. The Morgan fingerprint density at radius 2 is 0.640 bits per heavy atom. The van der Waals surface area contributed by atoms with Gasteiger partial charge in [0.1, 0.15) is 52.3 Å². The van der Waals surface area contributed by atoms with Crippen LogP contribution >= 0.6 is 40.4 Å². The molecule has 35 heteroatoms.